The zero-order valence-electron chi connectivity index (χ0n) is 16.5. The predicted molar refractivity (Wildman–Crippen MR) is 112 cm³/mol. The number of nitrogens with one attached hydrogen (secondary N) is 1. The molecule has 2 aromatic heterocycles. The van der Waals surface area contributed by atoms with E-state index < -0.39 is 0 Å². The highest BCUT2D eigenvalue weighted by molar-refractivity contribution is 7.99. The molecule has 6 nitrogen and oxygen atoms in total. The number of nitrogens with zero attached hydrogens (tertiary/aromatic N) is 2. The lowest BCUT2D eigenvalue weighted by atomic mass is 9.96. The van der Waals surface area contributed by atoms with Gasteiger partial charge in [-0.25, -0.2) is 14.8 Å². The third-order valence-electron chi connectivity index (χ3n) is 4.61. The van der Waals surface area contributed by atoms with Crippen LogP contribution in [0.3, 0.4) is 0 Å². The van der Waals surface area contributed by atoms with Gasteiger partial charge >= 0.3 is 5.97 Å². The maximum atomic E-state index is 12.5. The lowest BCUT2D eigenvalue weighted by molar-refractivity contribution is -0.113. The minimum Gasteiger partial charge on any atom is -0.465 e. The first kappa shape index (κ1) is 20.8. The summed E-state index contributed by atoms with van der Waals surface area (Å²) in [5.41, 5.74) is 3.34. The summed E-state index contributed by atoms with van der Waals surface area (Å²) >= 11 is 2.80. The monoisotopic (exact) mass is 419 g/mol. The first-order chi connectivity index (χ1) is 13.5. The molecule has 0 spiro atoms. The van der Waals surface area contributed by atoms with Gasteiger partial charge in [-0.1, -0.05) is 24.6 Å². The Balaban J connectivity index is 1.75. The highest BCUT2D eigenvalue weighted by Gasteiger charge is 2.25. The van der Waals surface area contributed by atoms with Crippen molar-refractivity contribution in [1.29, 1.82) is 0 Å². The van der Waals surface area contributed by atoms with Crippen LogP contribution < -0.4 is 5.32 Å². The normalized spacial score (nSPS) is 14.0. The molecule has 8 heteroatoms. The van der Waals surface area contributed by atoms with Crippen molar-refractivity contribution in [2.24, 2.45) is 0 Å². The van der Waals surface area contributed by atoms with E-state index in [-0.39, 0.29) is 17.6 Å². The van der Waals surface area contributed by atoms with Gasteiger partial charge < -0.3 is 10.1 Å². The Morgan fingerprint density at radius 3 is 2.50 bits per heavy atom. The maximum absolute atomic E-state index is 12.5. The number of thioether (sulfide) groups is 1. The van der Waals surface area contributed by atoms with E-state index in [4.69, 9.17) is 4.74 Å². The average Bonchev–Trinajstić information content (AvgIpc) is 2.94. The van der Waals surface area contributed by atoms with E-state index in [1.807, 2.05) is 19.9 Å². The van der Waals surface area contributed by atoms with Gasteiger partial charge in [0, 0.05) is 16.3 Å². The number of ether oxygens (including phenoxy) is 1. The molecule has 2 aromatic rings. The fourth-order valence-corrected chi connectivity index (χ4v) is 5.42. The van der Waals surface area contributed by atoms with Crippen LogP contribution in [-0.2, 0) is 22.4 Å². The van der Waals surface area contributed by atoms with Gasteiger partial charge in [-0.15, -0.1) is 11.3 Å². The number of carbonyl (C=O) groups is 2. The summed E-state index contributed by atoms with van der Waals surface area (Å²) in [7, 11) is 1.38. The molecule has 0 aliphatic heterocycles. The van der Waals surface area contributed by atoms with E-state index in [1.54, 1.807) is 0 Å². The molecule has 150 valence electrons. The Kier molecular flexibility index (Phi) is 7.07. The second-order valence-electron chi connectivity index (χ2n) is 6.88. The Morgan fingerprint density at radius 1 is 1.14 bits per heavy atom. The molecule has 1 N–H and O–H groups in total. The number of methoxy groups -OCH3 is 1. The number of thiophene rings is 1. The lowest BCUT2D eigenvalue weighted by Crippen LogP contribution is -2.16. The molecular weight excluding hydrogens is 394 g/mol. The molecular formula is C20H25N3O3S2. The first-order valence-corrected chi connectivity index (χ1v) is 11.3. The van der Waals surface area contributed by atoms with E-state index in [9.17, 15) is 9.59 Å². The zero-order valence-corrected chi connectivity index (χ0v) is 18.1. The second kappa shape index (κ2) is 9.52. The number of esters is 1. The van der Waals surface area contributed by atoms with Crippen LogP contribution in [-0.4, -0.2) is 34.7 Å². The molecule has 1 amide bonds. The van der Waals surface area contributed by atoms with E-state index >= 15 is 0 Å². The van der Waals surface area contributed by atoms with Crippen molar-refractivity contribution in [2.45, 2.75) is 57.5 Å². The second-order valence-corrected chi connectivity index (χ2v) is 8.93. The van der Waals surface area contributed by atoms with Crippen LogP contribution in [0.2, 0.25) is 0 Å². The molecule has 0 saturated carbocycles. The molecule has 0 radical (unpaired) electrons. The summed E-state index contributed by atoms with van der Waals surface area (Å²) in [6.45, 7) is 3.81. The van der Waals surface area contributed by atoms with Crippen LogP contribution in [0.5, 0.6) is 0 Å². The number of carbonyl (C=O) groups excluding carboxylic acids is 2. The van der Waals surface area contributed by atoms with Crippen molar-refractivity contribution in [3.05, 3.63) is 33.5 Å². The molecule has 2 heterocycles. The van der Waals surface area contributed by atoms with Gasteiger partial charge in [0.15, 0.2) is 5.16 Å². The van der Waals surface area contributed by atoms with Gasteiger partial charge in [0.05, 0.1) is 18.4 Å². The third-order valence-corrected chi connectivity index (χ3v) is 6.66. The van der Waals surface area contributed by atoms with Gasteiger partial charge in [0.2, 0.25) is 5.91 Å². The number of hydrogen-bond acceptors (Lipinski definition) is 7. The highest BCUT2D eigenvalue weighted by Crippen LogP contribution is 2.37. The van der Waals surface area contributed by atoms with Gasteiger partial charge in [-0.05, 0) is 51.2 Å². The first-order valence-electron chi connectivity index (χ1n) is 9.45. The number of aryl methyl sites for hydroxylation is 3. The number of anilines is 1. The number of amides is 1. The Hall–Kier alpha value is -1.93. The molecule has 0 saturated heterocycles. The summed E-state index contributed by atoms with van der Waals surface area (Å²) in [4.78, 5) is 34.8. The predicted octanol–water partition coefficient (Wildman–Crippen LogP) is 4.33. The Labute approximate surface area is 173 Å². The van der Waals surface area contributed by atoms with Crippen molar-refractivity contribution in [3.8, 4) is 0 Å². The summed E-state index contributed by atoms with van der Waals surface area (Å²) in [5, 5.41) is 4.11. The summed E-state index contributed by atoms with van der Waals surface area (Å²) in [5.74, 6) is -0.364. The van der Waals surface area contributed by atoms with Crippen LogP contribution >= 0.6 is 23.1 Å². The van der Waals surface area contributed by atoms with Crippen LogP contribution in [0.15, 0.2) is 11.2 Å². The molecule has 3 rings (SSSR count). The molecule has 0 fully saturated rings. The molecule has 0 atom stereocenters. The van der Waals surface area contributed by atoms with Gasteiger partial charge in [-0.2, -0.15) is 0 Å². The Morgan fingerprint density at radius 2 is 1.82 bits per heavy atom. The minimum absolute atomic E-state index is 0.174. The van der Waals surface area contributed by atoms with Crippen molar-refractivity contribution in [1.82, 2.24) is 9.97 Å². The van der Waals surface area contributed by atoms with Crippen LogP contribution in [0.1, 0.15) is 57.9 Å². The number of aromatic nitrogens is 2. The molecule has 1 aliphatic rings. The van der Waals surface area contributed by atoms with Crippen LogP contribution in [0.4, 0.5) is 5.00 Å². The molecule has 1 aliphatic carbocycles. The minimum atomic E-state index is -0.376. The quantitative estimate of drug-likeness (QED) is 0.441. The molecule has 0 unspecified atom stereocenters. The molecule has 0 bridgehead atoms. The maximum Gasteiger partial charge on any atom is 0.341 e. The summed E-state index contributed by atoms with van der Waals surface area (Å²) < 4.78 is 5.00. The van der Waals surface area contributed by atoms with Crippen molar-refractivity contribution in [3.63, 3.8) is 0 Å². The van der Waals surface area contributed by atoms with E-state index in [0.717, 1.165) is 42.6 Å². The third kappa shape index (κ3) is 5.11. The van der Waals surface area contributed by atoms with Crippen molar-refractivity contribution >= 4 is 40.0 Å². The topological polar surface area (TPSA) is 81.2 Å². The number of hydrogen-bond donors (Lipinski definition) is 1. The lowest BCUT2D eigenvalue weighted by Gasteiger charge is -2.11. The van der Waals surface area contributed by atoms with Gasteiger partial charge in [-0.3, -0.25) is 4.79 Å². The van der Waals surface area contributed by atoms with Crippen LogP contribution in [0.25, 0.3) is 0 Å². The molecule has 28 heavy (non-hydrogen) atoms. The smallest absolute Gasteiger partial charge is 0.341 e. The van der Waals surface area contributed by atoms with E-state index in [1.165, 1.54) is 47.9 Å². The standard InChI is InChI=1S/C20H25N3O3S2/c1-12-10-13(2)22-20(21-12)27-11-16(24)23-18-17(19(25)26-3)14-8-6-4-5-7-9-15(14)28-18/h10H,4-9,11H2,1-3H3,(H,23,24). The largest absolute Gasteiger partial charge is 0.465 e. The SMILES string of the molecule is COC(=O)c1c(NC(=O)CSc2nc(C)cc(C)n2)sc2c1CCCCCC2. The van der Waals surface area contributed by atoms with Crippen molar-refractivity contribution in [2.75, 3.05) is 18.2 Å². The summed E-state index contributed by atoms with van der Waals surface area (Å²) in [6, 6.07) is 1.90. The van der Waals surface area contributed by atoms with Crippen molar-refractivity contribution < 1.29 is 14.3 Å². The average molecular weight is 420 g/mol. The fraction of sp³-hybridized carbons (Fsp3) is 0.500. The summed E-state index contributed by atoms with van der Waals surface area (Å²) in [6.07, 6.45) is 6.36. The number of rotatable bonds is 5. The van der Waals surface area contributed by atoms with Gasteiger partial charge in [0.1, 0.15) is 5.00 Å². The van der Waals surface area contributed by atoms with E-state index in [0.29, 0.717) is 15.7 Å². The fourth-order valence-electron chi connectivity index (χ4n) is 3.38. The molecule has 0 aromatic carbocycles. The Bertz CT molecular complexity index is 860. The van der Waals surface area contributed by atoms with Crippen LogP contribution in [0, 0.1) is 13.8 Å². The zero-order chi connectivity index (χ0) is 20.1. The van der Waals surface area contributed by atoms with E-state index in [2.05, 4.69) is 15.3 Å². The van der Waals surface area contributed by atoms with Gasteiger partial charge in [0.25, 0.3) is 0 Å². The highest BCUT2D eigenvalue weighted by atomic mass is 32.2. The number of fused-ring (bicyclic) bond motifs is 1.